The number of likely N-dealkylation sites (tertiary alicyclic amines) is 1. The Bertz CT molecular complexity index is 1200. The van der Waals surface area contributed by atoms with Gasteiger partial charge in [-0.2, -0.15) is 0 Å². The van der Waals surface area contributed by atoms with E-state index in [1.807, 2.05) is 4.72 Å². The Morgan fingerprint density at radius 2 is 1.86 bits per heavy atom. The summed E-state index contributed by atoms with van der Waals surface area (Å²) in [5.41, 5.74) is 1.50. The van der Waals surface area contributed by atoms with E-state index in [1.165, 1.54) is 18.2 Å². The summed E-state index contributed by atoms with van der Waals surface area (Å²) >= 11 is 6.06. The number of carbonyl (C=O) groups is 1. The fourth-order valence-electron chi connectivity index (χ4n) is 4.31. The largest absolute Gasteiger partial charge is 0.493 e. The first kappa shape index (κ1) is 25.8. The molecule has 7 nitrogen and oxygen atoms in total. The number of nitrogens with zero attached hydrogens (tertiary/aromatic N) is 2. The lowest BCUT2D eigenvalue weighted by Crippen LogP contribution is -2.35. The van der Waals surface area contributed by atoms with E-state index in [1.54, 1.807) is 6.07 Å². The van der Waals surface area contributed by atoms with Gasteiger partial charge in [0.25, 0.3) is 5.91 Å². The number of carbonyl (C=O) groups excluding carboxylic acids is 1. The van der Waals surface area contributed by atoms with Crippen LogP contribution in [0.4, 0.5) is 8.78 Å². The minimum absolute atomic E-state index is 0.177. The summed E-state index contributed by atoms with van der Waals surface area (Å²) in [4.78, 5) is 18.7. The molecule has 2 aromatic rings. The molecule has 2 aliphatic rings. The molecular weight excluding hydrogens is 500 g/mol. The first-order valence-electron chi connectivity index (χ1n) is 11.5. The van der Waals surface area contributed by atoms with Crippen molar-refractivity contribution in [2.75, 3.05) is 26.0 Å². The molecule has 1 aromatic carbocycles. The molecule has 190 valence electrons. The van der Waals surface area contributed by atoms with Crippen molar-refractivity contribution in [2.45, 2.75) is 44.8 Å². The van der Waals surface area contributed by atoms with Crippen LogP contribution in [0.5, 0.6) is 5.75 Å². The summed E-state index contributed by atoms with van der Waals surface area (Å²) < 4.78 is 58.2. The quantitative estimate of drug-likeness (QED) is 0.526. The van der Waals surface area contributed by atoms with Crippen molar-refractivity contribution in [3.05, 3.63) is 57.6 Å². The maximum Gasteiger partial charge on any atom is 0.267 e. The SMILES string of the molecule is CS(=O)(=O)NC(=O)c1cc(C2CC2)c(OCC2CCN(Cc3cc(Cl)cc(CF)n3)CC2)cc1F. The Balaban J connectivity index is 1.35. The molecule has 0 bridgehead atoms. The van der Waals surface area contributed by atoms with Gasteiger partial charge < -0.3 is 4.74 Å². The van der Waals surface area contributed by atoms with Crippen LogP contribution < -0.4 is 9.46 Å². The average molecular weight is 528 g/mol. The van der Waals surface area contributed by atoms with Crippen LogP contribution in [0.25, 0.3) is 0 Å². The van der Waals surface area contributed by atoms with Crippen LogP contribution >= 0.6 is 11.6 Å². The number of amides is 1. The lowest BCUT2D eigenvalue weighted by molar-refractivity contribution is 0.0977. The van der Waals surface area contributed by atoms with Crippen LogP contribution in [0, 0.1) is 11.7 Å². The number of nitrogens with one attached hydrogen (secondary N) is 1. The van der Waals surface area contributed by atoms with E-state index >= 15 is 0 Å². The van der Waals surface area contributed by atoms with Gasteiger partial charge in [-0.25, -0.2) is 21.9 Å². The summed E-state index contributed by atoms with van der Waals surface area (Å²) in [6.45, 7) is 2.00. The monoisotopic (exact) mass is 527 g/mol. The number of hydrogen-bond donors (Lipinski definition) is 1. The third-order valence-corrected chi connectivity index (χ3v) is 7.01. The van der Waals surface area contributed by atoms with Crippen LogP contribution in [-0.2, 0) is 23.2 Å². The van der Waals surface area contributed by atoms with Gasteiger partial charge in [0.15, 0.2) is 0 Å². The highest BCUT2D eigenvalue weighted by atomic mass is 35.5. The fraction of sp³-hybridized carbons (Fsp3) is 0.500. The second-order valence-corrected chi connectivity index (χ2v) is 11.5. The second-order valence-electron chi connectivity index (χ2n) is 9.28. The van der Waals surface area contributed by atoms with Crippen LogP contribution in [0.15, 0.2) is 24.3 Å². The van der Waals surface area contributed by atoms with Crippen LogP contribution in [-0.4, -0.2) is 50.2 Å². The number of benzene rings is 1. The van der Waals surface area contributed by atoms with Crippen molar-refractivity contribution in [2.24, 2.45) is 5.92 Å². The highest BCUT2D eigenvalue weighted by Crippen LogP contribution is 2.45. The molecule has 1 N–H and O–H groups in total. The molecule has 35 heavy (non-hydrogen) atoms. The number of pyridine rings is 1. The van der Waals surface area contributed by atoms with E-state index in [2.05, 4.69) is 9.88 Å². The van der Waals surface area contributed by atoms with Gasteiger partial charge in [0, 0.05) is 17.6 Å². The van der Waals surface area contributed by atoms with Gasteiger partial charge in [-0.15, -0.1) is 0 Å². The Hall–Kier alpha value is -2.30. The number of rotatable bonds is 9. The predicted molar refractivity (Wildman–Crippen MR) is 128 cm³/mol. The third kappa shape index (κ3) is 7.11. The zero-order chi connectivity index (χ0) is 25.2. The van der Waals surface area contributed by atoms with Gasteiger partial charge in [-0.05, 0) is 74.4 Å². The zero-order valence-corrected chi connectivity index (χ0v) is 21.0. The molecule has 11 heteroatoms. The molecule has 1 saturated heterocycles. The average Bonchev–Trinajstić information content (AvgIpc) is 3.62. The van der Waals surface area contributed by atoms with Gasteiger partial charge in [0.1, 0.15) is 18.2 Å². The van der Waals surface area contributed by atoms with E-state index < -0.39 is 28.4 Å². The number of piperidine rings is 1. The lowest BCUT2D eigenvalue weighted by Gasteiger charge is -2.31. The topological polar surface area (TPSA) is 88.6 Å². The second kappa shape index (κ2) is 10.8. The van der Waals surface area contributed by atoms with Crippen LogP contribution in [0.3, 0.4) is 0 Å². The number of aromatic nitrogens is 1. The number of alkyl halides is 1. The van der Waals surface area contributed by atoms with E-state index in [0.717, 1.165) is 56.3 Å². The Morgan fingerprint density at radius 1 is 1.17 bits per heavy atom. The summed E-state index contributed by atoms with van der Waals surface area (Å²) in [6, 6.07) is 5.88. The lowest BCUT2D eigenvalue weighted by atomic mass is 9.97. The molecule has 0 atom stereocenters. The van der Waals surface area contributed by atoms with Crippen molar-refractivity contribution >= 4 is 27.5 Å². The van der Waals surface area contributed by atoms with Crippen molar-refractivity contribution in [1.29, 1.82) is 0 Å². The van der Waals surface area contributed by atoms with E-state index in [0.29, 0.717) is 29.6 Å². The molecule has 2 heterocycles. The number of hydrogen-bond acceptors (Lipinski definition) is 6. The van der Waals surface area contributed by atoms with Crippen molar-refractivity contribution in [3.63, 3.8) is 0 Å². The summed E-state index contributed by atoms with van der Waals surface area (Å²) in [6.07, 6.45) is 4.43. The molecular formula is C24H28ClF2N3O4S. The highest BCUT2D eigenvalue weighted by molar-refractivity contribution is 7.89. The van der Waals surface area contributed by atoms with E-state index in [9.17, 15) is 22.0 Å². The number of sulfonamides is 1. The van der Waals surface area contributed by atoms with Gasteiger partial charge >= 0.3 is 0 Å². The predicted octanol–water partition coefficient (Wildman–Crippen LogP) is 4.20. The maximum absolute atomic E-state index is 14.7. The molecule has 1 saturated carbocycles. The Labute approximate surface area is 208 Å². The third-order valence-electron chi connectivity index (χ3n) is 6.24. The standard InChI is InChI=1S/C24H28ClF2N3O4S/c1-35(32,33)29-24(31)21-10-20(16-2-3-16)23(11-22(21)27)34-14-15-4-6-30(7-5-15)13-19-9-17(25)8-18(12-26)28-19/h8-11,15-16H,2-7,12-14H2,1H3,(H,29,31). The zero-order valence-electron chi connectivity index (χ0n) is 19.4. The smallest absolute Gasteiger partial charge is 0.267 e. The minimum atomic E-state index is -3.80. The van der Waals surface area contributed by atoms with Crippen molar-refractivity contribution in [1.82, 2.24) is 14.6 Å². The molecule has 2 fully saturated rings. The normalized spacial score (nSPS) is 17.4. The maximum atomic E-state index is 14.7. The van der Waals surface area contributed by atoms with Gasteiger partial charge in [0.2, 0.25) is 10.0 Å². The van der Waals surface area contributed by atoms with Crippen molar-refractivity contribution in [3.8, 4) is 5.75 Å². The molecule has 1 aromatic heterocycles. The molecule has 0 radical (unpaired) electrons. The van der Waals surface area contributed by atoms with Crippen LogP contribution in [0.1, 0.15) is 58.9 Å². The van der Waals surface area contributed by atoms with Crippen molar-refractivity contribution < 1.29 is 26.7 Å². The van der Waals surface area contributed by atoms with Gasteiger partial charge in [0.05, 0.1) is 29.8 Å². The molecule has 0 spiro atoms. The summed E-state index contributed by atoms with van der Waals surface area (Å²) in [7, 11) is -3.80. The van der Waals surface area contributed by atoms with Crippen LogP contribution in [0.2, 0.25) is 5.02 Å². The Kier molecular flexibility index (Phi) is 7.92. The minimum Gasteiger partial charge on any atom is -0.493 e. The fourth-order valence-corrected chi connectivity index (χ4v) is 5.01. The summed E-state index contributed by atoms with van der Waals surface area (Å²) in [5, 5.41) is 0.476. The molecule has 4 rings (SSSR count). The molecule has 1 aliphatic heterocycles. The molecule has 1 aliphatic carbocycles. The van der Waals surface area contributed by atoms with E-state index in [4.69, 9.17) is 16.3 Å². The first-order chi connectivity index (χ1) is 16.6. The van der Waals surface area contributed by atoms with E-state index in [-0.39, 0.29) is 17.4 Å². The summed E-state index contributed by atoms with van der Waals surface area (Å²) in [5.74, 6) is -0.939. The van der Waals surface area contributed by atoms with Gasteiger partial charge in [-0.1, -0.05) is 11.6 Å². The number of halogens is 3. The first-order valence-corrected chi connectivity index (χ1v) is 13.8. The Morgan fingerprint density at radius 3 is 2.49 bits per heavy atom. The molecule has 0 unspecified atom stereocenters. The van der Waals surface area contributed by atoms with Gasteiger partial charge in [-0.3, -0.25) is 14.7 Å². The number of ether oxygens (including phenoxy) is 1. The highest BCUT2D eigenvalue weighted by Gasteiger charge is 2.30. The molecule has 1 amide bonds.